The predicted molar refractivity (Wildman–Crippen MR) is 54.6 cm³/mol. The first kappa shape index (κ1) is 11.9. The first-order valence-electron chi connectivity index (χ1n) is 5.05. The van der Waals surface area contributed by atoms with E-state index in [-0.39, 0.29) is 12.5 Å². The van der Waals surface area contributed by atoms with Crippen LogP contribution in [0.2, 0.25) is 0 Å². The van der Waals surface area contributed by atoms with Gasteiger partial charge in [-0.25, -0.2) is 0 Å². The molecular formula is C9H17N3O3. The van der Waals surface area contributed by atoms with Gasteiger partial charge < -0.3 is 15.7 Å². The summed E-state index contributed by atoms with van der Waals surface area (Å²) in [6, 6.07) is -0.819. The van der Waals surface area contributed by atoms with Crippen molar-refractivity contribution in [1.29, 1.82) is 0 Å². The van der Waals surface area contributed by atoms with E-state index in [2.05, 4.69) is 10.6 Å². The Kier molecular flexibility index (Phi) is 4.51. The minimum Gasteiger partial charge on any atom is -0.480 e. The molecule has 1 fully saturated rings. The van der Waals surface area contributed by atoms with E-state index < -0.39 is 12.0 Å². The van der Waals surface area contributed by atoms with Gasteiger partial charge in [-0.3, -0.25) is 14.5 Å². The van der Waals surface area contributed by atoms with Crippen LogP contribution in [-0.4, -0.2) is 60.6 Å². The van der Waals surface area contributed by atoms with Crippen LogP contribution in [0.5, 0.6) is 0 Å². The Morgan fingerprint density at radius 3 is 2.60 bits per heavy atom. The third kappa shape index (κ3) is 4.26. The number of carbonyl (C=O) groups excluding carboxylic acids is 1. The van der Waals surface area contributed by atoms with Crippen LogP contribution in [0.4, 0.5) is 0 Å². The first-order valence-corrected chi connectivity index (χ1v) is 5.05. The van der Waals surface area contributed by atoms with Crippen molar-refractivity contribution in [2.24, 2.45) is 0 Å². The molecule has 0 bridgehead atoms. The molecule has 1 aliphatic rings. The molecule has 0 aromatic rings. The average molecular weight is 215 g/mol. The highest BCUT2D eigenvalue weighted by Gasteiger charge is 2.17. The summed E-state index contributed by atoms with van der Waals surface area (Å²) in [5.41, 5.74) is 0. The number of hydrogen-bond donors (Lipinski definition) is 3. The van der Waals surface area contributed by atoms with Crippen LogP contribution >= 0.6 is 0 Å². The van der Waals surface area contributed by atoms with Gasteiger partial charge in [-0.05, 0) is 6.92 Å². The topological polar surface area (TPSA) is 81.7 Å². The number of nitrogens with one attached hydrogen (secondary N) is 2. The SMILES string of the molecule is CC(NC(=O)CN1CCNCC1)C(=O)O. The maximum atomic E-state index is 11.4. The fourth-order valence-corrected chi connectivity index (χ4v) is 1.42. The van der Waals surface area contributed by atoms with Gasteiger partial charge in [0.1, 0.15) is 6.04 Å². The van der Waals surface area contributed by atoms with Crippen LogP contribution in [0.15, 0.2) is 0 Å². The summed E-state index contributed by atoms with van der Waals surface area (Å²) in [4.78, 5) is 23.9. The Morgan fingerprint density at radius 1 is 1.47 bits per heavy atom. The molecule has 0 aromatic heterocycles. The molecule has 6 nitrogen and oxygen atoms in total. The summed E-state index contributed by atoms with van der Waals surface area (Å²) in [7, 11) is 0. The van der Waals surface area contributed by atoms with E-state index in [1.807, 2.05) is 4.90 Å². The second-order valence-corrected chi connectivity index (χ2v) is 3.65. The lowest BCUT2D eigenvalue weighted by Crippen LogP contribution is -2.49. The first-order chi connectivity index (χ1) is 7.09. The third-order valence-electron chi connectivity index (χ3n) is 2.32. The minimum atomic E-state index is -1.01. The van der Waals surface area contributed by atoms with Crippen molar-refractivity contribution in [3.63, 3.8) is 0 Å². The van der Waals surface area contributed by atoms with Crippen LogP contribution in [0, 0.1) is 0 Å². The fourth-order valence-electron chi connectivity index (χ4n) is 1.42. The Bertz CT molecular complexity index is 239. The number of nitrogens with zero attached hydrogens (tertiary/aromatic N) is 1. The molecule has 86 valence electrons. The molecule has 15 heavy (non-hydrogen) atoms. The van der Waals surface area contributed by atoms with E-state index in [0.717, 1.165) is 26.2 Å². The van der Waals surface area contributed by atoms with Crippen molar-refractivity contribution in [3.8, 4) is 0 Å². The zero-order valence-electron chi connectivity index (χ0n) is 8.82. The Morgan fingerprint density at radius 2 is 2.07 bits per heavy atom. The van der Waals surface area contributed by atoms with E-state index in [1.54, 1.807) is 0 Å². The molecule has 0 spiro atoms. The minimum absolute atomic E-state index is 0.230. The highest BCUT2D eigenvalue weighted by Crippen LogP contribution is 1.91. The summed E-state index contributed by atoms with van der Waals surface area (Å²) in [6.07, 6.45) is 0. The molecule has 1 amide bonds. The predicted octanol–water partition coefficient (Wildman–Crippen LogP) is -1.52. The molecule has 1 saturated heterocycles. The molecule has 1 rings (SSSR count). The third-order valence-corrected chi connectivity index (χ3v) is 2.32. The Balaban J connectivity index is 2.25. The molecule has 1 atom stereocenters. The molecule has 6 heteroatoms. The summed E-state index contributed by atoms with van der Waals surface area (Å²) < 4.78 is 0. The van der Waals surface area contributed by atoms with Crippen LogP contribution in [0.1, 0.15) is 6.92 Å². The highest BCUT2D eigenvalue weighted by molar-refractivity contribution is 5.84. The van der Waals surface area contributed by atoms with E-state index in [0.29, 0.717) is 0 Å². The molecular weight excluding hydrogens is 198 g/mol. The van der Waals surface area contributed by atoms with Gasteiger partial charge in [0.25, 0.3) is 0 Å². The number of aliphatic carboxylic acids is 1. The van der Waals surface area contributed by atoms with Gasteiger partial charge in [0, 0.05) is 26.2 Å². The summed E-state index contributed by atoms with van der Waals surface area (Å²) >= 11 is 0. The number of carboxylic acids is 1. The summed E-state index contributed by atoms with van der Waals surface area (Å²) in [5, 5.41) is 14.2. The van der Waals surface area contributed by atoms with Gasteiger partial charge in [-0.1, -0.05) is 0 Å². The molecule has 0 aliphatic carbocycles. The lowest BCUT2D eigenvalue weighted by Gasteiger charge is -2.26. The number of hydrogen-bond acceptors (Lipinski definition) is 4. The Hall–Kier alpha value is -1.14. The van der Waals surface area contributed by atoms with E-state index in [4.69, 9.17) is 5.11 Å². The molecule has 0 radical (unpaired) electrons. The van der Waals surface area contributed by atoms with Gasteiger partial charge in [0.15, 0.2) is 0 Å². The molecule has 1 heterocycles. The second kappa shape index (κ2) is 5.67. The van der Waals surface area contributed by atoms with Crippen LogP contribution < -0.4 is 10.6 Å². The van der Waals surface area contributed by atoms with Crippen molar-refractivity contribution in [2.75, 3.05) is 32.7 Å². The van der Waals surface area contributed by atoms with Crippen molar-refractivity contribution in [1.82, 2.24) is 15.5 Å². The number of amides is 1. The fraction of sp³-hybridized carbons (Fsp3) is 0.778. The van der Waals surface area contributed by atoms with Crippen LogP contribution in [0.3, 0.4) is 0 Å². The summed E-state index contributed by atoms with van der Waals surface area (Å²) in [5.74, 6) is -1.24. The van der Waals surface area contributed by atoms with Crippen molar-refractivity contribution >= 4 is 11.9 Å². The maximum absolute atomic E-state index is 11.4. The second-order valence-electron chi connectivity index (χ2n) is 3.65. The lowest BCUT2D eigenvalue weighted by atomic mass is 10.3. The van der Waals surface area contributed by atoms with Gasteiger partial charge in [0.05, 0.1) is 6.54 Å². The Labute approximate surface area is 88.6 Å². The van der Waals surface area contributed by atoms with Crippen LogP contribution in [0.25, 0.3) is 0 Å². The summed E-state index contributed by atoms with van der Waals surface area (Å²) in [6.45, 7) is 5.14. The highest BCUT2D eigenvalue weighted by atomic mass is 16.4. The zero-order chi connectivity index (χ0) is 11.3. The van der Waals surface area contributed by atoms with E-state index >= 15 is 0 Å². The quantitative estimate of drug-likeness (QED) is 0.530. The largest absolute Gasteiger partial charge is 0.480 e. The molecule has 0 aromatic carbocycles. The molecule has 1 unspecified atom stereocenters. The number of carboxylic acid groups (broad SMARTS) is 1. The standard InChI is InChI=1S/C9H17N3O3/c1-7(9(14)15)11-8(13)6-12-4-2-10-3-5-12/h7,10H,2-6H2,1H3,(H,11,13)(H,14,15). The van der Waals surface area contributed by atoms with Gasteiger partial charge >= 0.3 is 5.97 Å². The average Bonchev–Trinajstić information content (AvgIpc) is 2.18. The lowest BCUT2D eigenvalue weighted by molar-refractivity contribution is -0.141. The number of piperazine rings is 1. The zero-order valence-corrected chi connectivity index (χ0v) is 8.82. The normalized spacial score (nSPS) is 19.5. The number of carbonyl (C=O) groups is 2. The maximum Gasteiger partial charge on any atom is 0.325 e. The smallest absolute Gasteiger partial charge is 0.325 e. The molecule has 1 aliphatic heterocycles. The van der Waals surface area contributed by atoms with E-state index in [9.17, 15) is 9.59 Å². The molecule has 3 N–H and O–H groups in total. The van der Waals surface area contributed by atoms with Gasteiger partial charge in [-0.2, -0.15) is 0 Å². The number of rotatable bonds is 4. The van der Waals surface area contributed by atoms with Gasteiger partial charge in [0.2, 0.25) is 5.91 Å². The monoisotopic (exact) mass is 215 g/mol. The van der Waals surface area contributed by atoms with Crippen molar-refractivity contribution in [2.45, 2.75) is 13.0 Å². The van der Waals surface area contributed by atoms with Crippen molar-refractivity contribution < 1.29 is 14.7 Å². The van der Waals surface area contributed by atoms with E-state index in [1.165, 1.54) is 6.92 Å². The van der Waals surface area contributed by atoms with Gasteiger partial charge in [-0.15, -0.1) is 0 Å². The molecule has 0 saturated carbocycles. The van der Waals surface area contributed by atoms with Crippen molar-refractivity contribution in [3.05, 3.63) is 0 Å². The van der Waals surface area contributed by atoms with Crippen LogP contribution in [-0.2, 0) is 9.59 Å².